The monoisotopic (exact) mass is 429 g/mol. The molecule has 0 aliphatic rings. The van der Waals surface area contributed by atoms with Crippen LogP contribution < -0.4 is 15.8 Å². The molecule has 2 aromatic heterocycles. The van der Waals surface area contributed by atoms with Gasteiger partial charge in [-0.1, -0.05) is 24.3 Å². The highest BCUT2D eigenvalue weighted by Gasteiger charge is 2.21. The molecule has 4 aromatic rings. The number of hydrogen-bond donors (Lipinski definition) is 2. The molecular formula is C24H23N5O3. The van der Waals surface area contributed by atoms with E-state index < -0.39 is 11.8 Å². The number of aromatic nitrogens is 2. The van der Waals surface area contributed by atoms with E-state index in [4.69, 9.17) is 4.42 Å². The van der Waals surface area contributed by atoms with Crippen LogP contribution in [0.15, 0.2) is 77.3 Å². The maximum Gasteiger partial charge on any atom is 0.273 e. The first-order valence-electron chi connectivity index (χ1n) is 10.0. The number of nitrogens with one attached hydrogen (secondary N) is 2. The van der Waals surface area contributed by atoms with Crippen molar-refractivity contribution in [3.05, 3.63) is 89.8 Å². The second kappa shape index (κ2) is 8.81. The molecule has 0 atom stereocenters. The summed E-state index contributed by atoms with van der Waals surface area (Å²) in [4.78, 5) is 27.4. The van der Waals surface area contributed by atoms with Crippen molar-refractivity contribution < 1.29 is 14.0 Å². The number of rotatable bonds is 5. The lowest BCUT2D eigenvalue weighted by atomic mass is 10.2. The fraction of sp³-hybridized carbons (Fsp3) is 0.125. The average molecular weight is 429 g/mol. The van der Waals surface area contributed by atoms with Crippen LogP contribution in [-0.2, 0) is 0 Å². The number of aryl methyl sites for hydroxylation is 1. The molecule has 0 aliphatic heterocycles. The zero-order chi connectivity index (χ0) is 22.7. The third kappa shape index (κ3) is 4.39. The molecule has 0 spiro atoms. The predicted molar refractivity (Wildman–Crippen MR) is 122 cm³/mol. The molecule has 8 nitrogen and oxygen atoms in total. The molecule has 0 unspecified atom stereocenters. The summed E-state index contributed by atoms with van der Waals surface area (Å²) < 4.78 is 7.29. The van der Waals surface area contributed by atoms with Crippen molar-refractivity contribution in [2.45, 2.75) is 6.92 Å². The molecule has 0 bridgehead atoms. The number of carbonyl (C=O) groups is 2. The van der Waals surface area contributed by atoms with Crippen LogP contribution >= 0.6 is 0 Å². The third-order valence-electron chi connectivity index (χ3n) is 4.87. The van der Waals surface area contributed by atoms with Gasteiger partial charge in [-0.25, -0.2) is 4.68 Å². The van der Waals surface area contributed by atoms with Gasteiger partial charge in [0, 0.05) is 31.5 Å². The fourth-order valence-corrected chi connectivity index (χ4v) is 3.18. The van der Waals surface area contributed by atoms with Gasteiger partial charge in [-0.2, -0.15) is 5.10 Å². The lowest BCUT2D eigenvalue weighted by Crippen LogP contribution is -2.41. The summed E-state index contributed by atoms with van der Waals surface area (Å²) in [5.41, 5.74) is 7.70. The van der Waals surface area contributed by atoms with Gasteiger partial charge in [0.2, 0.25) is 0 Å². The van der Waals surface area contributed by atoms with Gasteiger partial charge in [0.1, 0.15) is 11.5 Å². The van der Waals surface area contributed by atoms with Gasteiger partial charge >= 0.3 is 0 Å². The predicted octanol–water partition coefficient (Wildman–Crippen LogP) is 3.58. The fourth-order valence-electron chi connectivity index (χ4n) is 3.18. The van der Waals surface area contributed by atoms with E-state index in [9.17, 15) is 9.59 Å². The normalized spacial score (nSPS) is 10.6. The van der Waals surface area contributed by atoms with Gasteiger partial charge in [-0.3, -0.25) is 20.4 Å². The van der Waals surface area contributed by atoms with Crippen molar-refractivity contribution in [2.75, 3.05) is 19.0 Å². The molecule has 162 valence electrons. The Kier molecular flexibility index (Phi) is 5.76. The Balaban J connectivity index is 1.58. The number of anilines is 1. The third-order valence-corrected chi connectivity index (χ3v) is 4.87. The SMILES string of the molecule is Cc1ccc(-c2nn(-c3ccccc3)cc2C(=O)NNC(=O)c2cccc(N(C)C)c2)o1. The first-order valence-corrected chi connectivity index (χ1v) is 10.0. The molecule has 0 fully saturated rings. The van der Waals surface area contributed by atoms with E-state index in [2.05, 4.69) is 16.0 Å². The minimum Gasteiger partial charge on any atom is -0.460 e. The van der Waals surface area contributed by atoms with Gasteiger partial charge in [-0.05, 0) is 49.4 Å². The number of carbonyl (C=O) groups excluding carboxylic acids is 2. The van der Waals surface area contributed by atoms with E-state index in [0.29, 0.717) is 22.8 Å². The number of amides is 2. The summed E-state index contributed by atoms with van der Waals surface area (Å²) in [5.74, 6) is 0.239. The Morgan fingerprint density at radius 2 is 1.69 bits per heavy atom. The zero-order valence-corrected chi connectivity index (χ0v) is 18.0. The summed E-state index contributed by atoms with van der Waals surface area (Å²) in [6.07, 6.45) is 1.61. The lowest BCUT2D eigenvalue weighted by molar-refractivity contribution is 0.0847. The van der Waals surface area contributed by atoms with Crippen molar-refractivity contribution in [3.63, 3.8) is 0 Å². The number of hydrogen-bond acceptors (Lipinski definition) is 5. The Bertz CT molecular complexity index is 1260. The molecule has 2 heterocycles. The number of nitrogens with zero attached hydrogens (tertiary/aromatic N) is 3. The minimum atomic E-state index is -0.506. The maximum absolute atomic E-state index is 13.0. The number of benzene rings is 2. The Labute approximate surface area is 185 Å². The summed E-state index contributed by atoms with van der Waals surface area (Å²) >= 11 is 0. The average Bonchev–Trinajstić information content (AvgIpc) is 3.44. The van der Waals surface area contributed by atoms with Gasteiger partial charge in [0.15, 0.2) is 5.76 Å². The van der Waals surface area contributed by atoms with Gasteiger partial charge in [0.25, 0.3) is 11.8 Å². The quantitative estimate of drug-likeness (QED) is 0.473. The van der Waals surface area contributed by atoms with Crippen molar-refractivity contribution >= 4 is 17.5 Å². The van der Waals surface area contributed by atoms with Crippen LogP contribution in [0, 0.1) is 6.92 Å². The van der Waals surface area contributed by atoms with Gasteiger partial charge in [0.05, 0.1) is 11.3 Å². The van der Waals surface area contributed by atoms with Crippen molar-refractivity contribution in [2.24, 2.45) is 0 Å². The van der Waals surface area contributed by atoms with E-state index in [-0.39, 0.29) is 5.56 Å². The Morgan fingerprint density at radius 1 is 0.938 bits per heavy atom. The minimum absolute atomic E-state index is 0.269. The van der Waals surface area contributed by atoms with Crippen molar-refractivity contribution in [1.82, 2.24) is 20.6 Å². The van der Waals surface area contributed by atoms with E-state index in [1.54, 1.807) is 41.2 Å². The molecule has 2 N–H and O–H groups in total. The van der Waals surface area contributed by atoms with Crippen LogP contribution in [0.3, 0.4) is 0 Å². The van der Waals surface area contributed by atoms with Crippen molar-refractivity contribution in [1.29, 1.82) is 0 Å². The molecule has 2 amide bonds. The molecule has 0 saturated carbocycles. The van der Waals surface area contributed by atoms with Gasteiger partial charge < -0.3 is 9.32 Å². The molecule has 2 aromatic carbocycles. The standard InChI is InChI=1S/C24H23N5O3/c1-16-12-13-21(32-16)22-20(15-29(27-22)18-9-5-4-6-10-18)24(31)26-25-23(30)17-8-7-11-19(14-17)28(2)3/h4-15H,1-3H3,(H,25,30)(H,26,31). The molecular weight excluding hydrogens is 406 g/mol. The highest BCUT2D eigenvalue weighted by Crippen LogP contribution is 2.25. The molecule has 0 aliphatic carbocycles. The van der Waals surface area contributed by atoms with E-state index in [0.717, 1.165) is 11.4 Å². The lowest BCUT2D eigenvalue weighted by Gasteiger charge is -2.13. The largest absolute Gasteiger partial charge is 0.460 e. The highest BCUT2D eigenvalue weighted by molar-refractivity contribution is 6.02. The first-order chi connectivity index (χ1) is 15.4. The highest BCUT2D eigenvalue weighted by atomic mass is 16.3. The van der Waals surface area contributed by atoms with Crippen LogP contribution in [0.25, 0.3) is 17.1 Å². The Morgan fingerprint density at radius 3 is 2.38 bits per heavy atom. The van der Waals surface area contributed by atoms with Crippen molar-refractivity contribution in [3.8, 4) is 17.1 Å². The summed E-state index contributed by atoms with van der Waals surface area (Å²) in [6, 6.07) is 20.1. The van der Waals surface area contributed by atoms with Crippen LogP contribution in [0.4, 0.5) is 5.69 Å². The molecule has 0 radical (unpaired) electrons. The second-order valence-corrected chi connectivity index (χ2v) is 7.43. The first kappa shape index (κ1) is 20.9. The molecule has 4 rings (SSSR count). The zero-order valence-electron chi connectivity index (χ0n) is 18.0. The smallest absolute Gasteiger partial charge is 0.273 e. The molecule has 0 saturated heterocycles. The van der Waals surface area contributed by atoms with Crippen LogP contribution in [0.1, 0.15) is 26.5 Å². The number of hydrazine groups is 1. The second-order valence-electron chi connectivity index (χ2n) is 7.43. The summed E-state index contributed by atoms with van der Waals surface area (Å²) in [7, 11) is 3.78. The van der Waals surface area contributed by atoms with Crippen LogP contribution in [-0.4, -0.2) is 35.7 Å². The van der Waals surface area contributed by atoms with E-state index >= 15 is 0 Å². The number of para-hydroxylation sites is 1. The Hall–Kier alpha value is -4.33. The van der Waals surface area contributed by atoms with Gasteiger partial charge in [-0.15, -0.1) is 0 Å². The summed E-state index contributed by atoms with van der Waals surface area (Å²) in [5, 5.41) is 4.55. The maximum atomic E-state index is 13.0. The summed E-state index contributed by atoms with van der Waals surface area (Å²) in [6.45, 7) is 1.82. The molecule has 8 heteroatoms. The van der Waals surface area contributed by atoms with Crippen LogP contribution in [0.5, 0.6) is 0 Å². The van der Waals surface area contributed by atoms with Crippen LogP contribution in [0.2, 0.25) is 0 Å². The van der Waals surface area contributed by atoms with E-state index in [1.165, 1.54) is 0 Å². The van der Waals surface area contributed by atoms with E-state index in [1.807, 2.05) is 62.3 Å². The topological polar surface area (TPSA) is 92.4 Å². The number of furan rings is 1. The molecule has 32 heavy (non-hydrogen) atoms.